The van der Waals surface area contributed by atoms with Gasteiger partial charge in [-0.15, -0.1) is 0 Å². The first kappa shape index (κ1) is 26.3. The molecule has 0 unspecified atom stereocenters. The SMILES string of the molecule is C=CC(=O)Nc1ccc(C)c(-c2cc3c(cn2)CN(c2c(Cl)c(OC)cc(OC)c2Cl)C(=O)N3CC)c1. The molecule has 3 amide bonds. The second kappa shape index (κ2) is 10.7. The number of nitrogens with zero attached hydrogens (tertiary/aromatic N) is 3. The van der Waals surface area contributed by atoms with Crippen molar-refractivity contribution >= 4 is 52.2 Å². The Morgan fingerprint density at radius 2 is 1.84 bits per heavy atom. The maximum absolute atomic E-state index is 13.7. The van der Waals surface area contributed by atoms with E-state index >= 15 is 0 Å². The van der Waals surface area contributed by atoms with Gasteiger partial charge in [-0.1, -0.05) is 35.8 Å². The number of nitrogens with one attached hydrogen (secondary N) is 1. The number of rotatable bonds is 7. The van der Waals surface area contributed by atoms with E-state index in [0.29, 0.717) is 35.1 Å². The molecule has 1 aliphatic heterocycles. The van der Waals surface area contributed by atoms with Crippen molar-refractivity contribution in [3.8, 4) is 22.8 Å². The molecule has 2 heterocycles. The first-order valence-corrected chi connectivity index (χ1v) is 12.2. The Morgan fingerprint density at radius 1 is 1.16 bits per heavy atom. The Balaban J connectivity index is 1.79. The van der Waals surface area contributed by atoms with Gasteiger partial charge in [-0.05, 0) is 43.7 Å². The van der Waals surface area contributed by atoms with Crippen molar-refractivity contribution in [2.75, 3.05) is 35.9 Å². The summed E-state index contributed by atoms with van der Waals surface area (Å²) in [6.07, 6.45) is 2.95. The summed E-state index contributed by atoms with van der Waals surface area (Å²) in [5.41, 5.74) is 4.95. The lowest BCUT2D eigenvalue weighted by Crippen LogP contribution is -2.47. The highest BCUT2D eigenvalue weighted by atomic mass is 35.5. The van der Waals surface area contributed by atoms with Crippen LogP contribution in [0.4, 0.5) is 21.9 Å². The third kappa shape index (κ3) is 4.82. The number of amides is 3. The number of aromatic nitrogens is 1. The van der Waals surface area contributed by atoms with Crippen molar-refractivity contribution in [1.29, 1.82) is 0 Å². The van der Waals surface area contributed by atoms with Gasteiger partial charge in [0.2, 0.25) is 5.91 Å². The molecule has 0 aliphatic carbocycles. The summed E-state index contributed by atoms with van der Waals surface area (Å²) >= 11 is 13.2. The molecular weight excluding hydrogens is 515 g/mol. The number of pyridine rings is 1. The van der Waals surface area contributed by atoms with E-state index in [2.05, 4.69) is 16.9 Å². The van der Waals surface area contributed by atoms with Gasteiger partial charge in [-0.25, -0.2) is 4.79 Å². The zero-order chi connectivity index (χ0) is 26.9. The molecule has 0 saturated heterocycles. The monoisotopic (exact) mass is 540 g/mol. The Labute approximate surface area is 225 Å². The van der Waals surface area contributed by atoms with Gasteiger partial charge in [-0.2, -0.15) is 0 Å². The van der Waals surface area contributed by atoms with Gasteiger partial charge in [0, 0.05) is 35.6 Å². The first-order chi connectivity index (χ1) is 17.7. The van der Waals surface area contributed by atoms with Crippen molar-refractivity contribution in [2.24, 2.45) is 0 Å². The lowest BCUT2D eigenvalue weighted by Gasteiger charge is -2.37. The number of anilines is 3. The zero-order valence-corrected chi connectivity index (χ0v) is 22.4. The van der Waals surface area contributed by atoms with Gasteiger partial charge < -0.3 is 14.8 Å². The van der Waals surface area contributed by atoms with Crippen LogP contribution in [0.2, 0.25) is 10.0 Å². The Hall–Kier alpha value is -3.75. The molecule has 0 radical (unpaired) electrons. The molecule has 37 heavy (non-hydrogen) atoms. The van der Waals surface area contributed by atoms with E-state index in [0.717, 1.165) is 22.4 Å². The summed E-state index contributed by atoms with van der Waals surface area (Å²) in [5, 5.41) is 3.19. The topological polar surface area (TPSA) is 84.0 Å². The van der Waals surface area contributed by atoms with Crippen LogP contribution in [0.5, 0.6) is 11.5 Å². The lowest BCUT2D eigenvalue weighted by atomic mass is 10.0. The molecule has 1 aliphatic rings. The van der Waals surface area contributed by atoms with Crippen molar-refractivity contribution in [3.05, 3.63) is 70.4 Å². The van der Waals surface area contributed by atoms with Crippen molar-refractivity contribution in [2.45, 2.75) is 20.4 Å². The van der Waals surface area contributed by atoms with Crippen LogP contribution in [0, 0.1) is 6.92 Å². The molecular formula is C27H26Cl2N4O4. The van der Waals surface area contributed by atoms with E-state index in [-0.39, 0.29) is 28.5 Å². The van der Waals surface area contributed by atoms with E-state index in [9.17, 15) is 9.59 Å². The molecule has 1 N–H and O–H groups in total. The summed E-state index contributed by atoms with van der Waals surface area (Å²) in [5.74, 6) is 0.376. The molecule has 0 spiro atoms. The van der Waals surface area contributed by atoms with E-state index in [4.69, 9.17) is 32.7 Å². The third-order valence-corrected chi connectivity index (χ3v) is 6.88. The highest BCUT2D eigenvalue weighted by molar-refractivity contribution is 6.42. The maximum Gasteiger partial charge on any atom is 0.329 e. The smallest absolute Gasteiger partial charge is 0.329 e. The molecule has 4 rings (SSSR count). The van der Waals surface area contributed by atoms with Gasteiger partial charge in [0.15, 0.2) is 0 Å². The van der Waals surface area contributed by atoms with Crippen LogP contribution in [-0.4, -0.2) is 37.7 Å². The summed E-state index contributed by atoms with van der Waals surface area (Å²) in [4.78, 5) is 33.3. The standard InChI is InChI=1S/C27H26Cl2N4O4/c1-6-23(34)31-17-9-8-15(3)18(10-17)19-11-20-16(13-30-19)14-33(27(35)32(20)7-2)26-24(28)21(36-4)12-22(37-5)25(26)29/h6,8-13H,1,7,14H2,2-5H3,(H,31,34). The molecule has 1 aromatic heterocycles. The van der Waals surface area contributed by atoms with Crippen LogP contribution >= 0.6 is 23.2 Å². The quantitative estimate of drug-likeness (QED) is 0.347. The minimum atomic E-state index is -0.303. The summed E-state index contributed by atoms with van der Waals surface area (Å²) < 4.78 is 10.8. The van der Waals surface area contributed by atoms with Crippen molar-refractivity contribution in [3.63, 3.8) is 0 Å². The Bertz CT molecular complexity index is 1380. The Kier molecular flexibility index (Phi) is 7.61. The number of hydrogen-bond acceptors (Lipinski definition) is 5. The van der Waals surface area contributed by atoms with Gasteiger partial charge in [0.1, 0.15) is 21.5 Å². The minimum absolute atomic E-state index is 0.197. The van der Waals surface area contributed by atoms with Gasteiger partial charge >= 0.3 is 6.03 Å². The molecule has 0 atom stereocenters. The first-order valence-electron chi connectivity index (χ1n) is 11.5. The fraction of sp³-hybridized carbons (Fsp3) is 0.222. The van der Waals surface area contributed by atoms with Crippen LogP contribution in [-0.2, 0) is 11.3 Å². The number of ether oxygens (including phenoxy) is 2. The molecule has 0 bridgehead atoms. The second-order valence-electron chi connectivity index (χ2n) is 8.29. The molecule has 192 valence electrons. The molecule has 8 nitrogen and oxygen atoms in total. The molecule has 10 heteroatoms. The number of carbonyl (C=O) groups is 2. The highest BCUT2D eigenvalue weighted by Gasteiger charge is 2.35. The minimum Gasteiger partial charge on any atom is -0.495 e. The number of methoxy groups -OCH3 is 2. The average Bonchev–Trinajstić information content (AvgIpc) is 2.90. The van der Waals surface area contributed by atoms with E-state index in [1.165, 1.54) is 25.2 Å². The number of halogens is 2. The van der Waals surface area contributed by atoms with Crippen LogP contribution in [0.3, 0.4) is 0 Å². The second-order valence-corrected chi connectivity index (χ2v) is 9.05. The largest absolute Gasteiger partial charge is 0.495 e. The predicted octanol–water partition coefficient (Wildman–Crippen LogP) is 6.47. The summed E-state index contributed by atoms with van der Waals surface area (Å²) in [6.45, 7) is 7.93. The van der Waals surface area contributed by atoms with Crippen LogP contribution < -0.4 is 24.6 Å². The molecule has 0 saturated carbocycles. The number of fused-ring (bicyclic) bond motifs is 1. The maximum atomic E-state index is 13.7. The van der Waals surface area contributed by atoms with Crippen molar-refractivity contribution < 1.29 is 19.1 Å². The van der Waals surface area contributed by atoms with Crippen LogP contribution in [0.1, 0.15) is 18.1 Å². The van der Waals surface area contributed by atoms with Crippen molar-refractivity contribution in [1.82, 2.24) is 4.98 Å². The third-order valence-electron chi connectivity index (χ3n) is 6.15. The number of carbonyl (C=O) groups excluding carboxylic acids is 2. The normalized spacial score (nSPS) is 12.8. The number of urea groups is 1. The van der Waals surface area contributed by atoms with Gasteiger partial charge in [0.05, 0.1) is 37.8 Å². The summed E-state index contributed by atoms with van der Waals surface area (Å²) in [7, 11) is 2.96. The van der Waals surface area contributed by atoms with Gasteiger partial charge in [-0.3, -0.25) is 19.6 Å². The lowest BCUT2D eigenvalue weighted by molar-refractivity contribution is -0.111. The predicted molar refractivity (Wildman–Crippen MR) is 147 cm³/mol. The molecule has 2 aromatic carbocycles. The van der Waals surface area contributed by atoms with E-state index in [1.54, 1.807) is 17.2 Å². The molecule has 3 aromatic rings. The fourth-order valence-electron chi connectivity index (χ4n) is 4.24. The number of hydrogen-bond donors (Lipinski definition) is 1. The number of aryl methyl sites for hydroxylation is 1. The Morgan fingerprint density at radius 3 is 2.43 bits per heavy atom. The fourth-order valence-corrected chi connectivity index (χ4v) is 4.94. The average molecular weight is 541 g/mol. The zero-order valence-electron chi connectivity index (χ0n) is 20.9. The van der Waals surface area contributed by atoms with Crippen LogP contribution in [0.25, 0.3) is 11.3 Å². The van der Waals surface area contributed by atoms with Gasteiger partial charge in [0.25, 0.3) is 0 Å². The molecule has 0 fully saturated rings. The summed E-state index contributed by atoms with van der Waals surface area (Å²) in [6, 6.07) is 8.73. The highest BCUT2D eigenvalue weighted by Crippen LogP contribution is 2.48. The van der Waals surface area contributed by atoms with Crippen LogP contribution in [0.15, 0.2) is 49.2 Å². The van der Waals surface area contributed by atoms with E-state index < -0.39 is 0 Å². The van der Waals surface area contributed by atoms with E-state index in [1.807, 2.05) is 38.1 Å². The number of benzene rings is 2.